The van der Waals surface area contributed by atoms with Crippen molar-refractivity contribution in [3.63, 3.8) is 0 Å². The van der Waals surface area contributed by atoms with Crippen LogP contribution in [0.5, 0.6) is 23.0 Å². The Labute approximate surface area is 154 Å². The van der Waals surface area contributed by atoms with Gasteiger partial charge in [-0.05, 0) is 24.3 Å². The fraction of sp³-hybridized carbons (Fsp3) is 0.0526. The van der Waals surface area contributed by atoms with E-state index in [-0.39, 0.29) is 23.0 Å². The third-order valence-electron chi connectivity index (χ3n) is 4.18. The number of aromatic hydroxyl groups is 4. The average molecular weight is 366 g/mol. The van der Waals surface area contributed by atoms with Gasteiger partial charge < -0.3 is 20.4 Å². The van der Waals surface area contributed by atoms with Gasteiger partial charge >= 0.3 is 0 Å². The lowest BCUT2D eigenvalue weighted by Crippen LogP contribution is -2.49. The van der Waals surface area contributed by atoms with Gasteiger partial charge in [-0.2, -0.15) is 18.3 Å². The SMILES string of the molecule is Oc1ccc(O)c(-n2cc[n+](C[n+]3ccn(-c4cc(O)ccc4O)c3)c2)c1. The Bertz CT molecular complexity index is 1030. The first-order valence-corrected chi connectivity index (χ1v) is 8.18. The minimum Gasteiger partial charge on any atom is -0.508 e. The Kier molecular flexibility index (Phi) is 3.92. The third kappa shape index (κ3) is 3.28. The van der Waals surface area contributed by atoms with Crippen LogP contribution in [0.25, 0.3) is 11.4 Å². The average Bonchev–Trinajstić information content (AvgIpc) is 3.29. The van der Waals surface area contributed by atoms with Crippen LogP contribution in [0.2, 0.25) is 0 Å². The van der Waals surface area contributed by atoms with E-state index in [1.165, 1.54) is 36.4 Å². The van der Waals surface area contributed by atoms with E-state index in [2.05, 4.69) is 0 Å². The van der Waals surface area contributed by atoms with E-state index in [4.69, 9.17) is 0 Å². The molecule has 8 heteroatoms. The number of imidazole rings is 2. The van der Waals surface area contributed by atoms with Gasteiger partial charge in [0.15, 0.2) is 22.9 Å². The van der Waals surface area contributed by atoms with Gasteiger partial charge in [0.25, 0.3) is 12.7 Å². The van der Waals surface area contributed by atoms with Crippen molar-refractivity contribution in [3.8, 4) is 34.4 Å². The van der Waals surface area contributed by atoms with Crippen molar-refractivity contribution < 1.29 is 29.6 Å². The molecule has 0 amide bonds. The van der Waals surface area contributed by atoms with Crippen LogP contribution >= 0.6 is 0 Å². The van der Waals surface area contributed by atoms with Gasteiger partial charge in [-0.1, -0.05) is 0 Å². The summed E-state index contributed by atoms with van der Waals surface area (Å²) in [6.07, 6.45) is 10.8. The van der Waals surface area contributed by atoms with Gasteiger partial charge in [0.05, 0.1) is 0 Å². The van der Waals surface area contributed by atoms with Crippen molar-refractivity contribution in [2.24, 2.45) is 0 Å². The summed E-state index contributed by atoms with van der Waals surface area (Å²) in [5.74, 6) is 0.267. The lowest BCUT2D eigenvalue weighted by Gasteiger charge is -2.00. The molecule has 0 spiro atoms. The van der Waals surface area contributed by atoms with Gasteiger partial charge in [0.2, 0.25) is 6.67 Å². The minimum atomic E-state index is 0.0636. The number of benzene rings is 2. The lowest BCUT2D eigenvalue weighted by molar-refractivity contribution is -0.912. The van der Waals surface area contributed by atoms with E-state index >= 15 is 0 Å². The summed E-state index contributed by atoms with van der Waals surface area (Å²) < 4.78 is 7.17. The maximum absolute atomic E-state index is 9.97. The van der Waals surface area contributed by atoms with E-state index in [0.29, 0.717) is 18.0 Å². The molecule has 0 aliphatic rings. The van der Waals surface area contributed by atoms with Crippen LogP contribution in [0.3, 0.4) is 0 Å². The first kappa shape index (κ1) is 16.5. The zero-order valence-electron chi connectivity index (χ0n) is 14.2. The first-order chi connectivity index (χ1) is 13.0. The van der Waals surface area contributed by atoms with E-state index in [9.17, 15) is 20.4 Å². The number of phenolic OH excluding ortho intramolecular Hbond substituents is 4. The number of phenols is 4. The second-order valence-corrected chi connectivity index (χ2v) is 6.16. The first-order valence-electron chi connectivity index (χ1n) is 8.18. The number of hydrogen-bond acceptors (Lipinski definition) is 4. The molecule has 27 heavy (non-hydrogen) atoms. The largest absolute Gasteiger partial charge is 0.508 e. The van der Waals surface area contributed by atoms with Crippen molar-refractivity contribution in [1.29, 1.82) is 0 Å². The zero-order valence-corrected chi connectivity index (χ0v) is 14.2. The normalized spacial score (nSPS) is 11.0. The second-order valence-electron chi connectivity index (χ2n) is 6.16. The van der Waals surface area contributed by atoms with Crippen LogP contribution < -0.4 is 9.13 Å². The van der Waals surface area contributed by atoms with Crippen molar-refractivity contribution >= 4 is 0 Å². The van der Waals surface area contributed by atoms with E-state index in [1.807, 2.05) is 21.5 Å². The molecule has 2 aromatic heterocycles. The minimum absolute atomic E-state index is 0.0636. The summed E-state index contributed by atoms with van der Waals surface area (Å²) in [5.41, 5.74) is 0.946. The molecule has 4 aromatic rings. The highest BCUT2D eigenvalue weighted by Gasteiger charge is 2.16. The molecule has 0 atom stereocenters. The van der Waals surface area contributed by atoms with Crippen LogP contribution in [0.4, 0.5) is 0 Å². The maximum Gasteiger partial charge on any atom is 0.252 e. The summed E-state index contributed by atoms with van der Waals surface area (Å²) >= 11 is 0. The van der Waals surface area contributed by atoms with E-state index in [0.717, 1.165) is 0 Å². The Morgan fingerprint density at radius 3 is 1.56 bits per heavy atom. The monoisotopic (exact) mass is 366 g/mol. The van der Waals surface area contributed by atoms with E-state index < -0.39 is 0 Å². The number of nitrogens with zero attached hydrogens (tertiary/aromatic N) is 4. The molecule has 2 aromatic carbocycles. The van der Waals surface area contributed by atoms with Crippen LogP contribution in [-0.2, 0) is 6.67 Å². The van der Waals surface area contributed by atoms with Gasteiger partial charge in [0, 0.05) is 12.1 Å². The highest BCUT2D eigenvalue weighted by Crippen LogP contribution is 2.26. The molecule has 0 unspecified atom stereocenters. The smallest absolute Gasteiger partial charge is 0.252 e. The fourth-order valence-electron chi connectivity index (χ4n) is 2.87. The third-order valence-corrected chi connectivity index (χ3v) is 4.18. The molecular weight excluding hydrogens is 348 g/mol. The highest BCUT2D eigenvalue weighted by atomic mass is 16.3. The van der Waals surface area contributed by atoms with Crippen molar-refractivity contribution in [2.45, 2.75) is 6.67 Å². The predicted octanol–water partition coefficient (Wildman–Crippen LogP) is 1.17. The molecule has 0 fully saturated rings. The zero-order chi connectivity index (χ0) is 19.0. The summed E-state index contributed by atoms with van der Waals surface area (Å²) in [6, 6.07) is 8.68. The molecule has 4 N–H and O–H groups in total. The molecule has 8 nitrogen and oxygen atoms in total. The number of rotatable bonds is 4. The molecule has 0 aliphatic carbocycles. The number of aromatic nitrogens is 4. The van der Waals surface area contributed by atoms with Crippen LogP contribution in [0.15, 0.2) is 73.8 Å². The lowest BCUT2D eigenvalue weighted by atomic mass is 10.3. The molecule has 136 valence electrons. The molecule has 0 radical (unpaired) electrons. The van der Waals surface area contributed by atoms with Gasteiger partial charge in [-0.25, -0.2) is 0 Å². The van der Waals surface area contributed by atoms with Crippen LogP contribution in [0.1, 0.15) is 0 Å². The quantitative estimate of drug-likeness (QED) is 0.322. The molecule has 4 rings (SSSR count). The topological polar surface area (TPSA) is 98.5 Å². The van der Waals surface area contributed by atoms with Gasteiger partial charge in [-0.15, -0.1) is 0 Å². The van der Waals surface area contributed by atoms with Gasteiger partial charge in [0.1, 0.15) is 36.3 Å². The summed E-state index contributed by atoms with van der Waals surface area (Å²) in [4.78, 5) is 0. The molecule has 2 heterocycles. The molecule has 0 saturated carbocycles. The van der Waals surface area contributed by atoms with Crippen LogP contribution in [-0.4, -0.2) is 29.6 Å². The Hall–Kier alpha value is -3.94. The Morgan fingerprint density at radius 1 is 0.667 bits per heavy atom. The van der Waals surface area contributed by atoms with Crippen molar-refractivity contribution in [1.82, 2.24) is 9.13 Å². The summed E-state index contributed by atoms with van der Waals surface area (Å²) in [7, 11) is 0. The molecule has 0 saturated heterocycles. The van der Waals surface area contributed by atoms with Gasteiger partial charge in [-0.3, -0.25) is 0 Å². The summed E-state index contributed by atoms with van der Waals surface area (Å²) in [6.45, 7) is 0.485. The summed E-state index contributed by atoms with van der Waals surface area (Å²) in [5, 5.41) is 39.2. The maximum atomic E-state index is 9.97. The highest BCUT2D eigenvalue weighted by molar-refractivity contribution is 5.50. The second kappa shape index (κ2) is 6.41. The van der Waals surface area contributed by atoms with E-state index in [1.54, 1.807) is 34.2 Å². The Morgan fingerprint density at radius 2 is 1.11 bits per heavy atom. The van der Waals surface area contributed by atoms with Crippen LogP contribution in [0, 0.1) is 0 Å². The number of hydrogen-bond donors (Lipinski definition) is 4. The predicted molar refractivity (Wildman–Crippen MR) is 94.0 cm³/mol. The van der Waals surface area contributed by atoms with Crippen molar-refractivity contribution in [2.75, 3.05) is 0 Å². The Balaban J connectivity index is 1.58. The van der Waals surface area contributed by atoms with Crippen molar-refractivity contribution in [3.05, 3.63) is 73.8 Å². The fourth-order valence-corrected chi connectivity index (χ4v) is 2.87. The standard InChI is InChI=1S/C19H16N4O4/c24-14-1-3-18(26)16(9-14)22-7-5-20(12-22)11-21-6-8-23(13-21)17-10-15(25)2-4-19(17)27/h1-10,12-13H,11H2,(H2-2,24,25,26,27)/p+2. The molecular formula is C19H18N4O4+2. The molecule has 0 bridgehead atoms. The molecule has 0 aliphatic heterocycles.